The molecule has 0 saturated carbocycles. The Morgan fingerprint density at radius 3 is 2.66 bits per heavy atom. The van der Waals surface area contributed by atoms with E-state index in [1.807, 2.05) is 18.2 Å². The van der Waals surface area contributed by atoms with E-state index in [0.717, 1.165) is 45.9 Å². The standard InChI is InChI=1S/C23H21N5S/c1-14-7-9-16(10-8-14)20-15(2)29-23-21(20)22(25-13-26-23)24-12-11-19-27-17-5-3-4-6-18(17)28-19/h3-10,13H,11-12H2,1-2H3,(H,27,28)(H,24,25,26). The molecule has 3 aromatic heterocycles. The molecule has 0 radical (unpaired) electrons. The first-order valence-electron chi connectivity index (χ1n) is 9.67. The second-order valence-electron chi connectivity index (χ2n) is 7.18. The normalized spacial score (nSPS) is 11.4. The van der Waals surface area contributed by atoms with Crippen molar-refractivity contribution in [2.45, 2.75) is 20.3 Å². The summed E-state index contributed by atoms with van der Waals surface area (Å²) in [5.41, 5.74) is 5.75. The molecule has 0 spiro atoms. The van der Waals surface area contributed by atoms with E-state index in [0.29, 0.717) is 0 Å². The van der Waals surface area contributed by atoms with Gasteiger partial charge in [0.2, 0.25) is 0 Å². The maximum absolute atomic E-state index is 4.66. The van der Waals surface area contributed by atoms with Gasteiger partial charge in [0.1, 0.15) is 22.8 Å². The van der Waals surface area contributed by atoms with Gasteiger partial charge in [0.15, 0.2) is 0 Å². The summed E-state index contributed by atoms with van der Waals surface area (Å²) in [6, 6.07) is 16.8. The molecule has 0 unspecified atom stereocenters. The fourth-order valence-corrected chi connectivity index (χ4v) is 4.68. The molecule has 0 atom stereocenters. The van der Waals surface area contributed by atoms with Gasteiger partial charge in [-0.15, -0.1) is 11.3 Å². The van der Waals surface area contributed by atoms with Crippen LogP contribution in [0.4, 0.5) is 5.82 Å². The van der Waals surface area contributed by atoms with Gasteiger partial charge in [-0.25, -0.2) is 15.0 Å². The number of hydrogen-bond acceptors (Lipinski definition) is 5. The monoisotopic (exact) mass is 399 g/mol. The molecule has 0 bridgehead atoms. The molecule has 5 nitrogen and oxygen atoms in total. The molecule has 5 rings (SSSR count). The lowest BCUT2D eigenvalue weighted by molar-refractivity contribution is 0.929. The number of aromatic amines is 1. The van der Waals surface area contributed by atoms with E-state index in [4.69, 9.17) is 0 Å². The van der Waals surface area contributed by atoms with E-state index in [1.165, 1.54) is 21.6 Å². The molecule has 0 fully saturated rings. The number of imidazole rings is 1. The third-order valence-corrected chi connectivity index (χ3v) is 6.11. The number of para-hydroxylation sites is 2. The number of benzene rings is 2. The number of anilines is 1. The van der Waals surface area contributed by atoms with Crippen LogP contribution in [0.2, 0.25) is 0 Å². The van der Waals surface area contributed by atoms with Crippen molar-refractivity contribution in [2.75, 3.05) is 11.9 Å². The van der Waals surface area contributed by atoms with Gasteiger partial charge in [0, 0.05) is 23.4 Å². The van der Waals surface area contributed by atoms with Crippen molar-refractivity contribution in [3.63, 3.8) is 0 Å². The van der Waals surface area contributed by atoms with E-state index < -0.39 is 0 Å². The molecule has 0 aliphatic heterocycles. The third-order valence-electron chi connectivity index (χ3n) is 5.10. The van der Waals surface area contributed by atoms with Crippen LogP contribution < -0.4 is 5.32 Å². The summed E-state index contributed by atoms with van der Waals surface area (Å²) in [5, 5.41) is 4.61. The second kappa shape index (κ2) is 7.29. The lowest BCUT2D eigenvalue weighted by Crippen LogP contribution is -2.08. The Morgan fingerprint density at radius 2 is 1.83 bits per heavy atom. The number of thiophene rings is 1. The number of rotatable bonds is 5. The zero-order chi connectivity index (χ0) is 19.8. The van der Waals surface area contributed by atoms with E-state index in [2.05, 4.69) is 69.4 Å². The zero-order valence-corrected chi connectivity index (χ0v) is 17.2. The molecule has 5 aromatic rings. The molecule has 2 aromatic carbocycles. The van der Waals surface area contributed by atoms with Crippen LogP contribution in [-0.2, 0) is 6.42 Å². The SMILES string of the molecule is Cc1ccc(-c2c(C)sc3ncnc(NCCc4nc5ccccc5[nH]4)c23)cc1. The fourth-order valence-electron chi connectivity index (χ4n) is 3.67. The molecule has 0 aliphatic carbocycles. The first-order valence-corrected chi connectivity index (χ1v) is 10.5. The molecule has 3 heterocycles. The van der Waals surface area contributed by atoms with E-state index in [9.17, 15) is 0 Å². The highest BCUT2D eigenvalue weighted by atomic mass is 32.1. The Bertz CT molecular complexity index is 1270. The predicted octanol–water partition coefficient (Wildman–Crippen LogP) is 5.51. The van der Waals surface area contributed by atoms with Crippen LogP contribution in [0.5, 0.6) is 0 Å². The molecule has 29 heavy (non-hydrogen) atoms. The topological polar surface area (TPSA) is 66.5 Å². The Labute approximate surface area is 172 Å². The smallest absolute Gasteiger partial charge is 0.138 e. The summed E-state index contributed by atoms with van der Waals surface area (Å²) in [7, 11) is 0. The van der Waals surface area contributed by atoms with Gasteiger partial charge in [0.05, 0.1) is 16.4 Å². The summed E-state index contributed by atoms with van der Waals surface area (Å²) in [6.45, 7) is 5.00. The Hall–Kier alpha value is -3.25. The van der Waals surface area contributed by atoms with Crippen molar-refractivity contribution in [3.05, 3.63) is 71.1 Å². The van der Waals surface area contributed by atoms with Crippen molar-refractivity contribution >= 4 is 38.4 Å². The largest absolute Gasteiger partial charge is 0.369 e. The van der Waals surface area contributed by atoms with E-state index >= 15 is 0 Å². The Balaban J connectivity index is 1.44. The van der Waals surface area contributed by atoms with Gasteiger partial charge in [0.25, 0.3) is 0 Å². The summed E-state index contributed by atoms with van der Waals surface area (Å²) in [4.78, 5) is 19.4. The molecule has 2 N–H and O–H groups in total. The maximum atomic E-state index is 4.66. The van der Waals surface area contributed by atoms with Crippen LogP contribution in [0, 0.1) is 13.8 Å². The van der Waals surface area contributed by atoms with Crippen molar-refractivity contribution in [1.29, 1.82) is 0 Å². The summed E-state index contributed by atoms with van der Waals surface area (Å²) in [6.07, 6.45) is 2.43. The molecule has 144 valence electrons. The van der Waals surface area contributed by atoms with E-state index in [1.54, 1.807) is 17.7 Å². The number of nitrogens with one attached hydrogen (secondary N) is 2. The number of fused-ring (bicyclic) bond motifs is 2. The van der Waals surface area contributed by atoms with Crippen molar-refractivity contribution < 1.29 is 0 Å². The first-order chi connectivity index (χ1) is 14.2. The minimum absolute atomic E-state index is 0.744. The quantitative estimate of drug-likeness (QED) is 0.409. The van der Waals surface area contributed by atoms with Crippen LogP contribution in [0.25, 0.3) is 32.4 Å². The van der Waals surface area contributed by atoms with Crippen LogP contribution in [0.1, 0.15) is 16.3 Å². The van der Waals surface area contributed by atoms with Gasteiger partial charge in [-0.3, -0.25) is 0 Å². The lowest BCUT2D eigenvalue weighted by Gasteiger charge is -2.09. The van der Waals surface area contributed by atoms with Gasteiger partial charge in [-0.1, -0.05) is 42.0 Å². The molecular formula is C23H21N5S. The highest BCUT2D eigenvalue weighted by Gasteiger charge is 2.16. The number of hydrogen-bond donors (Lipinski definition) is 2. The van der Waals surface area contributed by atoms with Crippen LogP contribution >= 0.6 is 11.3 Å². The number of aryl methyl sites for hydroxylation is 2. The van der Waals surface area contributed by atoms with Crippen LogP contribution in [0.3, 0.4) is 0 Å². The van der Waals surface area contributed by atoms with Gasteiger partial charge in [-0.2, -0.15) is 0 Å². The van der Waals surface area contributed by atoms with Crippen LogP contribution in [-0.4, -0.2) is 26.5 Å². The Morgan fingerprint density at radius 1 is 1.00 bits per heavy atom. The summed E-state index contributed by atoms with van der Waals surface area (Å²) >= 11 is 1.72. The average molecular weight is 400 g/mol. The minimum Gasteiger partial charge on any atom is -0.369 e. The molecular weight excluding hydrogens is 378 g/mol. The van der Waals surface area contributed by atoms with Crippen molar-refractivity contribution in [2.24, 2.45) is 0 Å². The fraction of sp³-hybridized carbons (Fsp3) is 0.174. The number of nitrogens with zero attached hydrogens (tertiary/aromatic N) is 3. The van der Waals surface area contributed by atoms with E-state index in [-0.39, 0.29) is 0 Å². The predicted molar refractivity (Wildman–Crippen MR) is 121 cm³/mol. The molecule has 0 saturated heterocycles. The molecule has 0 aliphatic rings. The van der Waals surface area contributed by atoms with Gasteiger partial charge < -0.3 is 10.3 Å². The average Bonchev–Trinajstić information content (AvgIpc) is 3.29. The van der Waals surface area contributed by atoms with Gasteiger partial charge >= 0.3 is 0 Å². The van der Waals surface area contributed by atoms with Crippen molar-refractivity contribution in [1.82, 2.24) is 19.9 Å². The number of aromatic nitrogens is 4. The summed E-state index contributed by atoms with van der Waals surface area (Å²) in [5.74, 6) is 1.86. The minimum atomic E-state index is 0.744. The number of H-pyrrole nitrogens is 1. The third kappa shape index (κ3) is 3.36. The highest BCUT2D eigenvalue weighted by Crippen LogP contribution is 2.40. The first kappa shape index (κ1) is 17.8. The van der Waals surface area contributed by atoms with Crippen molar-refractivity contribution in [3.8, 4) is 11.1 Å². The second-order valence-corrected chi connectivity index (χ2v) is 8.38. The summed E-state index contributed by atoms with van der Waals surface area (Å²) < 4.78 is 0. The maximum Gasteiger partial charge on any atom is 0.138 e. The zero-order valence-electron chi connectivity index (χ0n) is 16.4. The highest BCUT2D eigenvalue weighted by molar-refractivity contribution is 7.19. The molecule has 6 heteroatoms. The lowest BCUT2D eigenvalue weighted by atomic mass is 10.0. The molecule has 0 amide bonds. The Kier molecular flexibility index (Phi) is 4.48. The van der Waals surface area contributed by atoms with Gasteiger partial charge in [-0.05, 0) is 31.5 Å². The van der Waals surface area contributed by atoms with Crippen LogP contribution in [0.15, 0.2) is 54.9 Å².